The Balaban J connectivity index is 1.99. The summed E-state index contributed by atoms with van der Waals surface area (Å²) in [6, 6.07) is 0. The monoisotopic (exact) mass is 256 g/mol. The van der Waals surface area contributed by atoms with Crippen molar-refractivity contribution in [2.24, 2.45) is 0 Å². The Bertz CT molecular complexity index is 381. The Hall–Kier alpha value is -1.01. The van der Waals surface area contributed by atoms with Crippen molar-refractivity contribution >= 4 is 23.6 Å². The summed E-state index contributed by atoms with van der Waals surface area (Å²) >= 11 is 1.53. The van der Waals surface area contributed by atoms with Gasteiger partial charge in [-0.1, -0.05) is 6.92 Å². The summed E-state index contributed by atoms with van der Waals surface area (Å²) in [5.74, 6) is -1.05. The number of thioether (sulfide) groups is 1. The van der Waals surface area contributed by atoms with Crippen LogP contribution in [0.2, 0.25) is 0 Å². The van der Waals surface area contributed by atoms with Gasteiger partial charge in [-0.3, -0.25) is 9.69 Å². The molecule has 6 heteroatoms. The van der Waals surface area contributed by atoms with Crippen molar-refractivity contribution in [2.45, 2.75) is 31.6 Å². The first-order valence-corrected chi connectivity index (χ1v) is 6.69. The SMILES string of the molecule is CCNCCCC1=C(C(=O)O)N2C(=O)C[C@@H]2S1. The van der Waals surface area contributed by atoms with Gasteiger partial charge in [-0.05, 0) is 25.9 Å². The number of carbonyl (C=O) groups excluding carboxylic acids is 1. The second-order valence-electron chi connectivity index (χ2n) is 4.07. The van der Waals surface area contributed by atoms with E-state index in [-0.39, 0.29) is 17.0 Å². The third-order valence-corrected chi connectivity index (χ3v) is 4.23. The van der Waals surface area contributed by atoms with Crippen LogP contribution in [0.15, 0.2) is 10.6 Å². The van der Waals surface area contributed by atoms with Crippen LogP contribution in [0.4, 0.5) is 0 Å². The fourth-order valence-electron chi connectivity index (χ4n) is 2.05. The minimum atomic E-state index is -0.980. The standard InChI is InChI=1S/C11H16N2O3S/c1-2-12-5-3-4-7-10(11(15)16)13-8(14)6-9(13)17-7/h9,12H,2-6H2,1H3,(H,15,16)/t9-/m0/s1. The number of allylic oxidation sites excluding steroid dienone is 1. The van der Waals surface area contributed by atoms with Crippen molar-refractivity contribution in [3.05, 3.63) is 10.6 Å². The van der Waals surface area contributed by atoms with Crippen LogP contribution >= 0.6 is 11.8 Å². The molecule has 1 fully saturated rings. The van der Waals surface area contributed by atoms with Crippen LogP contribution in [0.3, 0.4) is 0 Å². The fourth-order valence-corrected chi connectivity index (χ4v) is 3.50. The lowest BCUT2D eigenvalue weighted by molar-refractivity contribution is -0.145. The molecule has 0 unspecified atom stereocenters. The molecule has 0 aromatic rings. The van der Waals surface area contributed by atoms with Gasteiger partial charge in [0.1, 0.15) is 5.70 Å². The third-order valence-electron chi connectivity index (χ3n) is 2.90. The zero-order valence-corrected chi connectivity index (χ0v) is 10.5. The number of hydrogen-bond acceptors (Lipinski definition) is 4. The number of nitrogens with zero attached hydrogens (tertiary/aromatic N) is 1. The molecule has 2 aliphatic rings. The topological polar surface area (TPSA) is 69.6 Å². The lowest BCUT2D eigenvalue weighted by Crippen LogP contribution is -2.48. The second-order valence-corrected chi connectivity index (χ2v) is 5.35. The maximum absolute atomic E-state index is 11.4. The highest BCUT2D eigenvalue weighted by Crippen LogP contribution is 2.47. The van der Waals surface area contributed by atoms with Gasteiger partial charge in [-0.2, -0.15) is 0 Å². The van der Waals surface area contributed by atoms with E-state index in [4.69, 9.17) is 5.11 Å². The Labute approximate surface area is 104 Å². The van der Waals surface area contributed by atoms with Gasteiger partial charge >= 0.3 is 5.97 Å². The maximum atomic E-state index is 11.4. The lowest BCUT2D eigenvalue weighted by Gasteiger charge is -2.33. The molecule has 0 spiro atoms. The highest BCUT2D eigenvalue weighted by atomic mass is 32.2. The number of hydrogen-bond donors (Lipinski definition) is 2. The van der Waals surface area contributed by atoms with Gasteiger partial charge in [-0.15, -0.1) is 11.8 Å². The first kappa shape index (κ1) is 12.4. The van der Waals surface area contributed by atoms with Crippen molar-refractivity contribution in [2.75, 3.05) is 13.1 Å². The van der Waals surface area contributed by atoms with Gasteiger partial charge in [0, 0.05) is 4.91 Å². The van der Waals surface area contributed by atoms with E-state index in [0.717, 1.165) is 30.8 Å². The molecular weight excluding hydrogens is 240 g/mol. The number of nitrogens with one attached hydrogen (secondary N) is 1. The zero-order valence-electron chi connectivity index (χ0n) is 9.73. The number of rotatable bonds is 6. The van der Waals surface area contributed by atoms with E-state index in [2.05, 4.69) is 5.32 Å². The predicted octanol–water partition coefficient (Wildman–Crippen LogP) is 0.977. The van der Waals surface area contributed by atoms with Gasteiger partial charge in [0.05, 0.1) is 11.8 Å². The average molecular weight is 256 g/mol. The number of amides is 1. The molecule has 0 aliphatic carbocycles. The summed E-state index contributed by atoms with van der Waals surface area (Å²) < 4.78 is 0. The summed E-state index contributed by atoms with van der Waals surface area (Å²) in [6.45, 7) is 3.84. The minimum absolute atomic E-state index is 0.0442. The smallest absolute Gasteiger partial charge is 0.353 e. The molecule has 2 rings (SSSR count). The molecule has 2 heterocycles. The number of aliphatic carboxylic acids is 1. The number of carboxylic acids is 1. The van der Waals surface area contributed by atoms with Crippen molar-refractivity contribution in [1.29, 1.82) is 0 Å². The van der Waals surface area contributed by atoms with Crippen LogP contribution in [0.5, 0.6) is 0 Å². The molecule has 17 heavy (non-hydrogen) atoms. The van der Waals surface area contributed by atoms with Crippen molar-refractivity contribution in [3.8, 4) is 0 Å². The van der Waals surface area contributed by atoms with E-state index in [9.17, 15) is 9.59 Å². The number of β-lactam (4-membered cyclic amide) rings is 1. The molecule has 0 saturated carbocycles. The number of carbonyl (C=O) groups is 2. The van der Waals surface area contributed by atoms with E-state index >= 15 is 0 Å². The first-order chi connectivity index (χ1) is 8.15. The van der Waals surface area contributed by atoms with E-state index in [1.54, 1.807) is 0 Å². The molecule has 5 nitrogen and oxygen atoms in total. The summed E-state index contributed by atoms with van der Waals surface area (Å²) in [5.41, 5.74) is 0.216. The van der Waals surface area contributed by atoms with Crippen LogP contribution in [-0.2, 0) is 9.59 Å². The van der Waals surface area contributed by atoms with E-state index in [1.165, 1.54) is 16.7 Å². The summed E-state index contributed by atoms with van der Waals surface area (Å²) in [5, 5.41) is 12.4. The zero-order chi connectivity index (χ0) is 12.4. The van der Waals surface area contributed by atoms with Crippen LogP contribution in [0, 0.1) is 0 Å². The molecule has 2 N–H and O–H groups in total. The lowest BCUT2D eigenvalue weighted by atomic mass is 10.1. The van der Waals surface area contributed by atoms with Crippen LogP contribution < -0.4 is 5.32 Å². The van der Waals surface area contributed by atoms with Gasteiger partial charge in [0.15, 0.2) is 0 Å². The summed E-state index contributed by atoms with van der Waals surface area (Å²) in [6.07, 6.45) is 2.11. The van der Waals surface area contributed by atoms with E-state index in [1.807, 2.05) is 6.92 Å². The molecule has 1 atom stereocenters. The Morgan fingerprint density at radius 1 is 1.65 bits per heavy atom. The minimum Gasteiger partial charge on any atom is -0.477 e. The summed E-state index contributed by atoms with van der Waals surface area (Å²) in [4.78, 5) is 24.8. The van der Waals surface area contributed by atoms with Gasteiger partial charge in [-0.25, -0.2) is 4.79 Å². The maximum Gasteiger partial charge on any atom is 0.353 e. The predicted molar refractivity (Wildman–Crippen MR) is 65.3 cm³/mol. The molecule has 0 aromatic heterocycles. The van der Waals surface area contributed by atoms with Crippen molar-refractivity contribution in [1.82, 2.24) is 10.2 Å². The van der Waals surface area contributed by atoms with Crippen LogP contribution in [0.25, 0.3) is 0 Å². The highest BCUT2D eigenvalue weighted by molar-refractivity contribution is 8.04. The Kier molecular flexibility index (Phi) is 3.73. The molecule has 0 aromatic carbocycles. The first-order valence-electron chi connectivity index (χ1n) is 5.81. The van der Waals surface area contributed by atoms with Crippen molar-refractivity contribution < 1.29 is 14.7 Å². The van der Waals surface area contributed by atoms with Gasteiger partial charge < -0.3 is 10.4 Å². The Morgan fingerprint density at radius 3 is 3.00 bits per heavy atom. The molecule has 94 valence electrons. The number of fused-ring (bicyclic) bond motifs is 1. The third kappa shape index (κ3) is 2.32. The van der Waals surface area contributed by atoms with E-state index in [0.29, 0.717) is 6.42 Å². The quantitative estimate of drug-likeness (QED) is 0.547. The largest absolute Gasteiger partial charge is 0.477 e. The molecule has 0 radical (unpaired) electrons. The van der Waals surface area contributed by atoms with Crippen molar-refractivity contribution in [3.63, 3.8) is 0 Å². The molecule has 1 amide bonds. The molecule has 1 saturated heterocycles. The fraction of sp³-hybridized carbons (Fsp3) is 0.636. The highest BCUT2D eigenvalue weighted by Gasteiger charge is 2.47. The average Bonchev–Trinajstić information content (AvgIpc) is 2.57. The van der Waals surface area contributed by atoms with Crippen LogP contribution in [-0.4, -0.2) is 40.3 Å². The van der Waals surface area contributed by atoms with Crippen LogP contribution in [0.1, 0.15) is 26.2 Å². The van der Waals surface area contributed by atoms with Gasteiger partial charge in [0.25, 0.3) is 0 Å². The molecular formula is C11H16N2O3S. The Morgan fingerprint density at radius 2 is 2.41 bits per heavy atom. The molecule has 2 aliphatic heterocycles. The molecule has 0 bridgehead atoms. The normalized spacial score (nSPS) is 22.8. The number of carboxylic acid groups (broad SMARTS) is 1. The second kappa shape index (κ2) is 5.10. The summed E-state index contributed by atoms with van der Waals surface area (Å²) in [7, 11) is 0. The van der Waals surface area contributed by atoms with E-state index < -0.39 is 5.97 Å². The van der Waals surface area contributed by atoms with Gasteiger partial charge in [0.2, 0.25) is 5.91 Å².